The minimum Gasteiger partial charge on any atom is -0.388 e. The normalized spacial score (nSPS) is 15.3. The molecule has 0 aromatic rings. The molecule has 0 spiro atoms. The second-order valence-electron chi connectivity index (χ2n) is 2.36. The lowest BCUT2D eigenvalue weighted by molar-refractivity contribution is 0.824. The molecule has 1 atom stereocenters. The number of rotatable bonds is 4. The van der Waals surface area contributed by atoms with E-state index in [9.17, 15) is 0 Å². The standard InChI is InChI=1S/C7H16N2S/c1-6(10-3)4-5-9-7(2)8/h6H,4-5H2,1-3H3,(H2,8,9). The fourth-order valence-corrected chi connectivity index (χ4v) is 0.882. The Bertz CT molecular complexity index is 108. The van der Waals surface area contributed by atoms with Crippen LogP contribution < -0.4 is 5.73 Å². The summed E-state index contributed by atoms with van der Waals surface area (Å²) in [5.74, 6) is 0.688. The van der Waals surface area contributed by atoms with Crippen LogP contribution in [0.2, 0.25) is 0 Å². The maximum atomic E-state index is 5.36. The number of aliphatic imine (C=N–C) groups is 1. The van der Waals surface area contributed by atoms with Gasteiger partial charge in [0.1, 0.15) is 0 Å². The number of nitrogens with two attached hydrogens (primary N) is 1. The highest BCUT2D eigenvalue weighted by atomic mass is 32.2. The van der Waals surface area contributed by atoms with E-state index in [0.717, 1.165) is 13.0 Å². The topological polar surface area (TPSA) is 38.4 Å². The number of amidine groups is 1. The summed E-state index contributed by atoms with van der Waals surface area (Å²) in [5, 5.41) is 0.697. The van der Waals surface area contributed by atoms with E-state index in [1.165, 1.54) is 0 Å². The van der Waals surface area contributed by atoms with Crippen LogP contribution in [-0.2, 0) is 0 Å². The van der Waals surface area contributed by atoms with Gasteiger partial charge in [0.15, 0.2) is 0 Å². The minimum absolute atomic E-state index is 0.688. The van der Waals surface area contributed by atoms with E-state index in [-0.39, 0.29) is 0 Å². The molecule has 0 bridgehead atoms. The van der Waals surface area contributed by atoms with Crippen molar-refractivity contribution in [3.8, 4) is 0 Å². The molecule has 0 amide bonds. The zero-order chi connectivity index (χ0) is 7.98. The number of hydrogen-bond donors (Lipinski definition) is 1. The molecule has 0 radical (unpaired) electrons. The van der Waals surface area contributed by atoms with Crippen LogP contribution in [0, 0.1) is 0 Å². The molecule has 0 saturated carbocycles. The molecule has 0 aliphatic heterocycles. The van der Waals surface area contributed by atoms with Crippen LogP contribution in [0.15, 0.2) is 4.99 Å². The summed E-state index contributed by atoms with van der Waals surface area (Å²) in [4.78, 5) is 4.09. The molecular formula is C7H16N2S. The van der Waals surface area contributed by atoms with E-state index in [4.69, 9.17) is 5.73 Å². The third-order valence-corrected chi connectivity index (χ3v) is 2.34. The van der Waals surface area contributed by atoms with Gasteiger partial charge in [0, 0.05) is 11.8 Å². The van der Waals surface area contributed by atoms with Gasteiger partial charge in [-0.25, -0.2) is 0 Å². The molecular weight excluding hydrogens is 144 g/mol. The van der Waals surface area contributed by atoms with Gasteiger partial charge in [0.05, 0.1) is 5.84 Å². The summed E-state index contributed by atoms with van der Waals surface area (Å²) in [5.41, 5.74) is 5.36. The lowest BCUT2D eigenvalue weighted by Gasteiger charge is -2.03. The van der Waals surface area contributed by atoms with E-state index >= 15 is 0 Å². The Labute approximate surface area is 67.3 Å². The van der Waals surface area contributed by atoms with Gasteiger partial charge in [-0.15, -0.1) is 0 Å². The van der Waals surface area contributed by atoms with Crippen molar-refractivity contribution in [1.82, 2.24) is 0 Å². The van der Waals surface area contributed by atoms with Crippen LogP contribution in [0.25, 0.3) is 0 Å². The van der Waals surface area contributed by atoms with Crippen molar-refractivity contribution in [1.29, 1.82) is 0 Å². The van der Waals surface area contributed by atoms with Gasteiger partial charge >= 0.3 is 0 Å². The SMILES string of the molecule is CSC(C)CCN=C(C)N. The molecule has 2 N–H and O–H groups in total. The van der Waals surface area contributed by atoms with Crippen LogP contribution in [-0.4, -0.2) is 23.9 Å². The summed E-state index contributed by atoms with van der Waals surface area (Å²) >= 11 is 1.87. The van der Waals surface area contributed by atoms with Crippen LogP contribution >= 0.6 is 11.8 Å². The Hall–Kier alpha value is -0.180. The summed E-state index contributed by atoms with van der Waals surface area (Å²) in [6, 6.07) is 0. The number of hydrogen-bond acceptors (Lipinski definition) is 2. The van der Waals surface area contributed by atoms with E-state index < -0.39 is 0 Å². The molecule has 0 rings (SSSR count). The first-order chi connectivity index (χ1) is 4.66. The third kappa shape index (κ3) is 5.95. The zero-order valence-electron chi connectivity index (χ0n) is 6.92. The zero-order valence-corrected chi connectivity index (χ0v) is 7.74. The molecule has 3 heteroatoms. The minimum atomic E-state index is 0.688. The molecule has 0 aromatic carbocycles. The summed E-state index contributed by atoms with van der Waals surface area (Å²) in [6.07, 6.45) is 3.24. The molecule has 10 heavy (non-hydrogen) atoms. The van der Waals surface area contributed by atoms with Crippen molar-refractivity contribution >= 4 is 17.6 Å². The first kappa shape index (κ1) is 9.82. The Kier molecular flexibility index (Phi) is 5.49. The molecule has 60 valence electrons. The van der Waals surface area contributed by atoms with E-state index in [2.05, 4.69) is 18.2 Å². The van der Waals surface area contributed by atoms with Gasteiger partial charge in [-0.2, -0.15) is 11.8 Å². The first-order valence-corrected chi connectivity index (χ1v) is 4.75. The summed E-state index contributed by atoms with van der Waals surface area (Å²) < 4.78 is 0. The molecule has 0 fully saturated rings. The third-order valence-electron chi connectivity index (χ3n) is 1.30. The fraction of sp³-hybridized carbons (Fsp3) is 0.857. The van der Waals surface area contributed by atoms with Crippen LogP contribution in [0.1, 0.15) is 20.3 Å². The Morgan fingerprint density at radius 1 is 1.70 bits per heavy atom. The maximum Gasteiger partial charge on any atom is 0.0905 e. The van der Waals surface area contributed by atoms with Gasteiger partial charge in [-0.3, -0.25) is 4.99 Å². The average Bonchev–Trinajstić information content (AvgIpc) is 1.87. The lowest BCUT2D eigenvalue weighted by atomic mass is 10.3. The van der Waals surface area contributed by atoms with Crippen molar-refractivity contribution in [2.75, 3.05) is 12.8 Å². The Balaban J connectivity index is 3.28. The molecule has 0 heterocycles. The van der Waals surface area contributed by atoms with E-state index in [1.54, 1.807) is 0 Å². The summed E-state index contributed by atoms with van der Waals surface area (Å²) in [7, 11) is 0. The van der Waals surface area contributed by atoms with Crippen molar-refractivity contribution < 1.29 is 0 Å². The van der Waals surface area contributed by atoms with Gasteiger partial charge in [-0.05, 0) is 19.6 Å². The predicted molar refractivity (Wildman–Crippen MR) is 49.8 cm³/mol. The van der Waals surface area contributed by atoms with Gasteiger partial charge in [0.25, 0.3) is 0 Å². The lowest BCUT2D eigenvalue weighted by Crippen LogP contribution is -2.07. The molecule has 0 aromatic heterocycles. The van der Waals surface area contributed by atoms with E-state index in [1.807, 2.05) is 18.7 Å². The molecule has 0 saturated heterocycles. The first-order valence-electron chi connectivity index (χ1n) is 3.46. The van der Waals surface area contributed by atoms with Crippen molar-refractivity contribution in [2.45, 2.75) is 25.5 Å². The van der Waals surface area contributed by atoms with Gasteiger partial charge < -0.3 is 5.73 Å². The monoisotopic (exact) mass is 160 g/mol. The second-order valence-corrected chi connectivity index (χ2v) is 3.63. The van der Waals surface area contributed by atoms with Crippen LogP contribution in [0.4, 0.5) is 0 Å². The average molecular weight is 160 g/mol. The molecule has 1 unspecified atom stereocenters. The van der Waals surface area contributed by atoms with Crippen LogP contribution in [0.3, 0.4) is 0 Å². The summed E-state index contributed by atoms with van der Waals surface area (Å²) in [6.45, 7) is 4.89. The number of nitrogens with zero attached hydrogens (tertiary/aromatic N) is 1. The van der Waals surface area contributed by atoms with Gasteiger partial charge in [-0.1, -0.05) is 6.92 Å². The molecule has 2 nitrogen and oxygen atoms in total. The quantitative estimate of drug-likeness (QED) is 0.500. The number of thioether (sulfide) groups is 1. The smallest absolute Gasteiger partial charge is 0.0905 e. The largest absolute Gasteiger partial charge is 0.388 e. The van der Waals surface area contributed by atoms with Crippen molar-refractivity contribution in [2.24, 2.45) is 10.7 Å². The second kappa shape index (κ2) is 5.59. The highest BCUT2D eigenvalue weighted by Gasteiger charge is 1.96. The highest BCUT2D eigenvalue weighted by molar-refractivity contribution is 7.99. The Morgan fingerprint density at radius 2 is 2.30 bits per heavy atom. The molecule has 0 aliphatic carbocycles. The van der Waals surface area contributed by atoms with Crippen LogP contribution in [0.5, 0.6) is 0 Å². The highest BCUT2D eigenvalue weighted by Crippen LogP contribution is 2.08. The Morgan fingerprint density at radius 3 is 2.70 bits per heavy atom. The van der Waals surface area contributed by atoms with E-state index in [0.29, 0.717) is 11.1 Å². The predicted octanol–water partition coefficient (Wildman–Crippen LogP) is 1.51. The molecule has 0 aliphatic rings. The van der Waals surface area contributed by atoms with Crippen molar-refractivity contribution in [3.05, 3.63) is 0 Å². The maximum absolute atomic E-state index is 5.36. The van der Waals surface area contributed by atoms with Crippen molar-refractivity contribution in [3.63, 3.8) is 0 Å². The fourth-order valence-electron chi connectivity index (χ4n) is 0.541. The van der Waals surface area contributed by atoms with Gasteiger partial charge in [0.2, 0.25) is 0 Å².